The van der Waals surface area contributed by atoms with Gasteiger partial charge in [0.15, 0.2) is 0 Å². The zero-order valence-electron chi connectivity index (χ0n) is 8.73. The van der Waals surface area contributed by atoms with Crippen molar-refractivity contribution in [3.63, 3.8) is 0 Å². The third kappa shape index (κ3) is 2.36. The molecule has 0 spiro atoms. The molecule has 18 heavy (non-hydrogen) atoms. The molecule has 9 heteroatoms. The van der Waals surface area contributed by atoms with Crippen LogP contribution in [0.1, 0.15) is 10.4 Å². The number of azide groups is 1. The molecule has 1 aliphatic rings. The van der Waals surface area contributed by atoms with Crippen LogP contribution in [0.5, 0.6) is 0 Å². The number of amides is 1. The maximum atomic E-state index is 12.4. The van der Waals surface area contributed by atoms with Crippen molar-refractivity contribution in [1.29, 1.82) is 0 Å². The Hall–Kier alpha value is -1.48. The summed E-state index contributed by atoms with van der Waals surface area (Å²) in [6, 6.07) is 6.17. The molecule has 2 rings (SSSR count). The Kier molecular flexibility index (Phi) is 3.35. The number of rotatable bonds is 2. The molecule has 0 saturated carbocycles. The summed E-state index contributed by atoms with van der Waals surface area (Å²) in [5.41, 5.74) is 8.64. The van der Waals surface area contributed by atoms with Crippen molar-refractivity contribution >= 4 is 26.3 Å². The minimum atomic E-state index is -4.50. The fourth-order valence-electron chi connectivity index (χ4n) is 1.49. The summed E-state index contributed by atoms with van der Waals surface area (Å²) in [5, 5.41) is 0. The van der Waals surface area contributed by atoms with Gasteiger partial charge in [-0.05, 0) is 0 Å². The van der Waals surface area contributed by atoms with Crippen molar-refractivity contribution in [3.05, 3.63) is 43.8 Å². The van der Waals surface area contributed by atoms with E-state index in [2.05, 4.69) is 8.24 Å². The average Bonchev–Trinajstić information content (AvgIpc) is 2.54. The molecular weight excluding hydrogens is 364 g/mol. The molecule has 96 valence electrons. The molecule has 1 aliphatic heterocycles. The number of carbonyl (C=O) groups is 1. The number of hydrogen-bond acceptors (Lipinski definition) is 2. The van der Waals surface area contributed by atoms with E-state index in [4.69, 9.17) is 5.53 Å². The second-order valence-electron chi connectivity index (χ2n) is 3.33. The summed E-state index contributed by atoms with van der Waals surface area (Å²) in [7, 11) is 0. The Morgan fingerprint density at radius 2 is 2.06 bits per heavy atom. The Morgan fingerprint density at radius 3 is 2.67 bits per heavy atom. The van der Waals surface area contributed by atoms with Crippen LogP contribution in [0.3, 0.4) is 0 Å². The van der Waals surface area contributed by atoms with Gasteiger partial charge in [-0.25, -0.2) is 0 Å². The van der Waals surface area contributed by atoms with Crippen molar-refractivity contribution < 1.29 is 18.0 Å². The average molecular weight is 370 g/mol. The first-order valence-electron chi connectivity index (χ1n) is 4.67. The Balaban J connectivity index is 2.44. The van der Waals surface area contributed by atoms with Crippen LogP contribution in [0.2, 0.25) is 0 Å². The van der Waals surface area contributed by atoms with E-state index in [0.29, 0.717) is 6.68 Å². The summed E-state index contributed by atoms with van der Waals surface area (Å²) in [6.07, 6.45) is -4.50. The zero-order valence-corrected chi connectivity index (χ0v) is 10.9. The van der Waals surface area contributed by atoms with E-state index in [1.807, 2.05) is 0 Å². The topological polar surface area (TPSA) is 69.1 Å². The molecular formula is C9H6F3IN4O. The van der Waals surface area contributed by atoms with Gasteiger partial charge in [0, 0.05) is 0 Å². The number of fused-ring (bicyclic) bond motifs is 1. The normalized spacial score (nSPS) is 16.5. The van der Waals surface area contributed by atoms with Crippen molar-refractivity contribution in [1.82, 2.24) is 3.11 Å². The molecule has 1 aromatic carbocycles. The predicted molar refractivity (Wildman–Crippen MR) is 65.4 cm³/mol. The van der Waals surface area contributed by atoms with Crippen LogP contribution in [0.25, 0.3) is 10.4 Å². The van der Waals surface area contributed by atoms with E-state index >= 15 is 0 Å². The van der Waals surface area contributed by atoms with Gasteiger partial charge in [0.25, 0.3) is 0 Å². The SMILES string of the molecule is [N-]=[N+]=NI1c2ccccc2C(=O)N1CC(F)(F)F. The molecule has 0 bridgehead atoms. The zero-order chi connectivity index (χ0) is 13.3. The van der Waals surface area contributed by atoms with Gasteiger partial charge in [-0.15, -0.1) is 0 Å². The summed E-state index contributed by atoms with van der Waals surface area (Å²) < 4.78 is 41.8. The van der Waals surface area contributed by atoms with Gasteiger partial charge >= 0.3 is 107 Å². The van der Waals surface area contributed by atoms with E-state index < -0.39 is 39.0 Å². The van der Waals surface area contributed by atoms with Gasteiger partial charge in [-0.3, -0.25) is 0 Å². The standard InChI is InChI=1S/C9H6F3IN4O/c10-9(11,12)5-17-8(18)6-3-1-2-4-7(6)13(17)15-16-14/h1-4H,5H2. The molecule has 0 radical (unpaired) electrons. The van der Waals surface area contributed by atoms with E-state index in [1.54, 1.807) is 18.2 Å². The number of alkyl halides is 3. The second kappa shape index (κ2) is 4.65. The van der Waals surface area contributed by atoms with Crippen LogP contribution < -0.4 is 0 Å². The van der Waals surface area contributed by atoms with E-state index in [-0.39, 0.29) is 5.56 Å². The molecule has 1 amide bonds. The number of carbonyl (C=O) groups excluding carboxylic acids is 1. The summed E-state index contributed by atoms with van der Waals surface area (Å²) in [6.45, 7) is -1.37. The third-order valence-electron chi connectivity index (χ3n) is 2.12. The summed E-state index contributed by atoms with van der Waals surface area (Å²) in [5.74, 6) is -0.708. The molecule has 1 heterocycles. The molecule has 1 aromatic rings. The Bertz CT molecular complexity index is 541. The van der Waals surface area contributed by atoms with Gasteiger partial charge in [0.05, 0.1) is 0 Å². The van der Waals surface area contributed by atoms with Crippen molar-refractivity contribution in [2.45, 2.75) is 6.18 Å². The molecule has 0 N–H and O–H groups in total. The first kappa shape index (κ1) is 13.0. The molecule has 5 nitrogen and oxygen atoms in total. The predicted octanol–water partition coefficient (Wildman–Crippen LogP) is 3.52. The molecule has 0 saturated heterocycles. The van der Waals surface area contributed by atoms with Gasteiger partial charge in [-0.1, -0.05) is 0 Å². The maximum absolute atomic E-state index is 12.4. The molecule has 0 aliphatic carbocycles. The van der Waals surface area contributed by atoms with Crippen molar-refractivity contribution in [2.24, 2.45) is 3.33 Å². The third-order valence-corrected chi connectivity index (χ3v) is 6.59. The molecule has 0 unspecified atom stereocenters. The molecule has 0 fully saturated rings. The number of halogens is 4. The van der Waals surface area contributed by atoms with Crippen molar-refractivity contribution in [2.75, 3.05) is 6.54 Å². The first-order valence-corrected chi connectivity index (χ1v) is 7.68. The first-order chi connectivity index (χ1) is 8.44. The fourth-order valence-corrected chi connectivity index (χ4v) is 5.61. The van der Waals surface area contributed by atoms with Gasteiger partial charge in [0.1, 0.15) is 0 Å². The molecule has 0 atom stereocenters. The summed E-state index contributed by atoms with van der Waals surface area (Å²) in [4.78, 5) is 14.4. The van der Waals surface area contributed by atoms with Crippen LogP contribution in [0, 0.1) is 3.57 Å². The van der Waals surface area contributed by atoms with E-state index in [1.165, 1.54) is 6.07 Å². The van der Waals surface area contributed by atoms with E-state index in [0.717, 1.165) is 0 Å². The number of benzene rings is 1. The van der Waals surface area contributed by atoms with Crippen LogP contribution in [-0.4, -0.2) is 21.7 Å². The Labute approximate surface area is 107 Å². The number of hydrogen-bond donors (Lipinski definition) is 0. The quantitative estimate of drug-likeness (QED) is 0.258. The van der Waals surface area contributed by atoms with E-state index in [9.17, 15) is 18.0 Å². The molecule has 0 aromatic heterocycles. The Morgan fingerprint density at radius 1 is 1.39 bits per heavy atom. The summed E-state index contributed by atoms with van der Waals surface area (Å²) >= 11 is -2.98. The van der Waals surface area contributed by atoms with Crippen LogP contribution in [-0.2, 0) is 0 Å². The van der Waals surface area contributed by atoms with Crippen LogP contribution in [0.4, 0.5) is 13.2 Å². The number of nitrogens with zero attached hydrogens (tertiary/aromatic N) is 4. The van der Waals surface area contributed by atoms with Crippen LogP contribution in [0.15, 0.2) is 27.6 Å². The van der Waals surface area contributed by atoms with Gasteiger partial charge in [0.2, 0.25) is 0 Å². The second-order valence-corrected chi connectivity index (χ2v) is 7.48. The monoisotopic (exact) mass is 370 g/mol. The van der Waals surface area contributed by atoms with Gasteiger partial charge in [-0.2, -0.15) is 0 Å². The van der Waals surface area contributed by atoms with Crippen molar-refractivity contribution in [3.8, 4) is 0 Å². The van der Waals surface area contributed by atoms with Crippen LogP contribution >= 0.6 is 20.4 Å². The van der Waals surface area contributed by atoms with Gasteiger partial charge < -0.3 is 0 Å². The minimum absolute atomic E-state index is 0.208. The fraction of sp³-hybridized carbons (Fsp3) is 0.222.